The molecule has 1 fully saturated rings. The standard InChI is InChI=1S/C17H25N3O5S/c1-2-25-17(22)8-9-20(11-13-6-7-13)12-16(21)19-14-4-3-5-15(10-14)26(18,23)24/h3-5,10,13H,2,6-9,11-12H2,1H3,(H,19,21)(H2,18,23,24). The molecular weight excluding hydrogens is 358 g/mol. The summed E-state index contributed by atoms with van der Waals surface area (Å²) in [5.74, 6) is 0.00587. The van der Waals surface area contributed by atoms with Crippen LogP contribution in [0.1, 0.15) is 26.2 Å². The van der Waals surface area contributed by atoms with Crippen LogP contribution in [-0.4, -0.2) is 51.4 Å². The summed E-state index contributed by atoms with van der Waals surface area (Å²) in [5, 5.41) is 7.77. The van der Waals surface area contributed by atoms with E-state index in [9.17, 15) is 18.0 Å². The lowest BCUT2D eigenvalue weighted by Gasteiger charge is -2.21. The van der Waals surface area contributed by atoms with Crippen molar-refractivity contribution in [1.82, 2.24) is 4.90 Å². The van der Waals surface area contributed by atoms with Crippen LogP contribution >= 0.6 is 0 Å². The van der Waals surface area contributed by atoms with Gasteiger partial charge in [0.05, 0.1) is 24.5 Å². The molecule has 0 saturated heterocycles. The van der Waals surface area contributed by atoms with Gasteiger partial charge in [0.15, 0.2) is 0 Å². The Morgan fingerprint density at radius 1 is 1.35 bits per heavy atom. The molecule has 1 amide bonds. The Kier molecular flexibility index (Phi) is 7.13. The molecule has 2 rings (SSSR count). The number of anilines is 1. The summed E-state index contributed by atoms with van der Waals surface area (Å²) in [6, 6.07) is 5.79. The van der Waals surface area contributed by atoms with Crippen LogP contribution in [0.3, 0.4) is 0 Å². The minimum Gasteiger partial charge on any atom is -0.466 e. The number of amides is 1. The number of carbonyl (C=O) groups excluding carboxylic acids is 2. The van der Waals surface area contributed by atoms with Crippen molar-refractivity contribution in [2.24, 2.45) is 11.1 Å². The van der Waals surface area contributed by atoms with Gasteiger partial charge in [0, 0.05) is 18.8 Å². The molecular formula is C17H25N3O5S. The van der Waals surface area contributed by atoms with Gasteiger partial charge in [-0.05, 0) is 43.9 Å². The molecule has 9 heteroatoms. The lowest BCUT2D eigenvalue weighted by molar-refractivity contribution is -0.143. The summed E-state index contributed by atoms with van der Waals surface area (Å²) >= 11 is 0. The van der Waals surface area contributed by atoms with E-state index in [-0.39, 0.29) is 29.7 Å². The Labute approximate surface area is 153 Å². The number of nitrogens with one attached hydrogen (secondary N) is 1. The maximum atomic E-state index is 12.3. The highest BCUT2D eigenvalue weighted by molar-refractivity contribution is 7.89. The fourth-order valence-corrected chi connectivity index (χ4v) is 3.10. The van der Waals surface area contributed by atoms with Gasteiger partial charge >= 0.3 is 5.97 Å². The van der Waals surface area contributed by atoms with Crippen molar-refractivity contribution in [2.45, 2.75) is 31.1 Å². The minimum absolute atomic E-state index is 0.0625. The van der Waals surface area contributed by atoms with E-state index < -0.39 is 10.0 Å². The Balaban J connectivity index is 1.92. The number of nitrogens with two attached hydrogens (primary N) is 1. The van der Waals surface area contributed by atoms with Gasteiger partial charge in [0.1, 0.15) is 0 Å². The number of benzene rings is 1. The Morgan fingerprint density at radius 2 is 2.08 bits per heavy atom. The fourth-order valence-electron chi connectivity index (χ4n) is 2.54. The van der Waals surface area contributed by atoms with Crippen LogP contribution in [0.25, 0.3) is 0 Å². The molecule has 0 unspecified atom stereocenters. The van der Waals surface area contributed by atoms with Crippen molar-refractivity contribution in [3.63, 3.8) is 0 Å². The third kappa shape index (κ3) is 7.11. The zero-order chi connectivity index (χ0) is 19.2. The van der Waals surface area contributed by atoms with E-state index in [1.54, 1.807) is 13.0 Å². The highest BCUT2D eigenvalue weighted by atomic mass is 32.2. The molecule has 0 bridgehead atoms. The van der Waals surface area contributed by atoms with E-state index in [4.69, 9.17) is 9.88 Å². The second-order valence-corrected chi connectivity index (χ2v) is 7.92. The number of hydrogen-bond donors (Lipinski definition) is 2. The first-order valence-corrected chi connectivity index (χ1v) is 10.1. The van der Waals surface area contributed by atoms with Crippen LogP contribution in [0, 0.1) is 5.92 Å². The van der Waals surface area contributed by atoms with E-state index >= 15 is 0 Å². The molecule has 144 valence electrons. The maximum Gasteiger partial charge on any atom is 0.307 e. The smallest absolute Gasteiger partial charge is 0.307 e. The molecule has 0 radical (unpaired) electrons. The molecule has 0 aliphatic heterocycles. The third-order valence-corrected chi connectivity index (χ3v) is 4.88. The quantitative estimate of drug-likeness (QED) is 0.580. The molecule has 1 aromatic carbocycles. The van der Waals surface area contributed by atoms with Crippen LogP contribution < -0.4 is 10.5 Å². The summed E-state index contributed by atoms with van der Waals surface area (Å²) in [7, 11) is -3.83. The molecule has 0 atom stereocenters. The predicted molar refractivity (Wildman–Crippen MR) is 96.9 cm³/mol. The van der Waals surface area contributed by atoms with Crippen molar-refractivity contribution in [2.75, 3.05) is 31.6 Å². The maximum absolute atomic E-state index is 12.3. The van der Waals surface area contributed by atoms with Gasteiger partial charge < -0.3 is 10.1 Å². The van der Waals surface area contributed by atoms with Crippen molar-refractivity contribution in [3.05, 3.63) is 24.3 Å². The average molecular weight is 383 g/mol. The summed E-state index contributed by atoms with van der Waals surface area (Å²) < 4.78 is 27.7. The van der Waals surface area contributed by atoms with Crippen molar-refractivity contribution >= 4 is 27.6 Å². The van der Waals surface area contributed by atoms with Crippen LogP contribution in [0.5, 0.6) is 0 Å². The number of carbonyl (C=O) groups is 2. The van der Waals surface area contributed by atoms with Gasteiger partial charge in [-0.3, -0.25) is 14.5 Å². The number of rotatable bonds is 10. The monoisotopic (exact) mass is 383 g/mol. The highest BCUT2D eigenvalue weighted by Gasteiger charge is 2.25. The Morgan fingerprint density at radius 3 is 2.69 bits per heavy atom. The van der Waals surface area contributed by atoms with Crippen LogP contribution in [0.4, 0.5) is 5.69 Å². The van der Waals surface area contributed by atoms with Gasteiger partial charge in [0.2, 0.25) is 15.9 Å². The van der Waals surface area contributed by atoms with Crippen molar-refractivity contribution < 1.29 is 22.7 Å². The summed E-state index contributed by atoms with van der Waals surface area (Å²) in [4.78, 5) is 25.7. The number of sulfonamides is 1. The lowest BCUT2D eigenvalue weighted by atomic mass is 10.3. The van der Waals surface area contributed by atoms with Crippen molar-refractivity contribution in [1.29, 1.82) is 0 Å². The minimum atomic E-state index is -3.83. The third-order valence-electron chi connectivity index (χ3n) is 3.96. The summed E-state index contributed by atoms with van der Waals surface area (Å²) in [6.45, 7) is 3.41. The number of primary sulfonamides is 1. The Hall–Kier alpha value is -1.97. The molecule has 1 aliphatic rings. The molecule has 8 nitrogen and oxygen atoms in total. The van der Waals surface area contributed by atoms with Gasteiger partial charge in [-0.1, -0.05) is 6.07 Å². The SMILES string of the molecule is CCOC(=O)CCN(CC(=O)Nc1cccc(S(N)(=O)=O)c1)CC1CC1. The van der Waals surface area contributed by atoms with Gasteiger partial charge in [-0.2, -0.15) is 0 Å². The molecule has 0 spiro atoms. The van der Waals surface area contributed by atoms with Crippen LogP contribution in [0.2, 0.25) is 0 Å². The first-order valence-electron chi connectivity index (χ1n) is 8.58. The summed E-state index contributed by atoms with van der Waals surface area (Å²) in [5.41, 5.74) is 0.360. The topological polar surface area (TPSA) is 119 Å². The first kappa shape index (κ1) is 20.3. The molecule has 0 heterocycles. The average Bonchev–Trinajstić information content (AvgIpc) is 3.36. The molecule has 1 aliphatic carbocycles. The molecule has 26 heavy (non-hydrogen) atoms. The second-order valence-electron chi connectivity index (χ2n) is 6.35. The van der Waals surface area contributed by atoms with Crippen molar-refractivity contribution in [3.8, 4) is 0 Å². The number of ether oxygens (including phenoxy) is 1. The molecule has 0 aromatic heterocycles. The van der Waals surface area contributed by atoms with E-state index in [1.807, 2.05) is 4.90 Å². The second kappa shape index (κ2) is 9.11. The highest BCUT2D eigenvalue weighted by Crippen LogP contribution is 2.29. The number of hydrogen-bond acceptors (Lipinski definition) is 6. The fraction of sp³-hybridized carbons (Fsp3) is 0.529. The number of esters is 1. The molecule has 1 saturated carbocycles. The van der Waals surface area contributed by atoms with Gasteiger partial charge in [0.25, 0.3) is 0 Å². The predicted octanol–water partition coefficient (Wildman–Crippen LogP) is 0.938. The first-order chi connectivity index (χ1) is 12.3. The number of nitrogens with zero attached hydrogens (tertiary/aromatic N) is 1. The van der Waals surface area contributed by atoms with Gasteiger partial charge in [-0.15, -0.1) is 0 Å². The van der Waals surface area contributed by atoms with Crippen LogP contribution in [0.15, 0.2) is 29.2 Å². The summed E-state index contributed by atoms with van der Waals surface area (Å²) in [6.07, 6.45) is 2.50. The van der Waals surface area contributed by atoms with E-state index in [2.05, 4.69) is 5.32 Å². The van der Waals surface area contributed by atoms with E-state index in [0.717, 1.165) is 19.4 Å². The van der Waals surface area contributed by atoms with E-state index in [0.29, 0.717) is 24.8 Å². The van der Waals surface area contributed by atoms with Gasteiger partial charge in [-0.25, -0.2) is 13.6 Å². The lowest BCUT2D eigenvalue weighted by Crippen LogP contribution is -2.36. The largest absolute Gasteiger partial charge is 0.466 e. The zero-order valence-electron chi connectivity index (χ0n) is 14.8. The zero-order valence-corrected chi connectivity index (χ0v) is 15.6. The molecule has 3 N–H and O–H groups in total. The normalized spacial score (nSPS) is 14.3. The molecule has 1 aromatic rings. The van der Waals surface area contributed by atoms with E-state index in [1.165, 1.54) is 18.2 Å². The Bertz CT molecular complexity index is 747. The van der Waals surface area contributed by atoms with Crippen LogP contribution in [-0.2, 0) is 24.3 Å².